The van der Waals surface area contributed by atoms with E-state index in [1.165, 1.54) is 18.6 Å². The summed E-state index contributed by atoms with van der Waals surface area (Å²) in [6, 6.07) is 5.96. The van der Waals surface area contributed by atoms with Crippen molar-refractivity contribution in [2.45, 2.75) is 13.8 Å². The number of carbonyl (C=O) groups excluding carboxylic acids is 1. The smallest absolute Gasteiger partial charge is 0.152 e. The zero-order valence-electron chi connectivity index (χ0n) is 11.0. The molecule has 0 aromatic heterocycles. The second-order valence-electron chi connectivity index (χ2n) is 3.94. The van der Waals surface area contributed by atoms with Crippen LogP contribution in [0, 0.1) is 6.92 Å². The van der Waals surface area contributed by atoms with Crippen molar-refractivity contribution in [2.75, 3.05) is 7.11 Å². The molecule has 0 aliphatic rings. The van der Waals surface area contributed by atoms with Gasteiger partial charge in [-0.1, -0.05) is 36.4 Å². The van der Waals surface area contributed by atoms with E-state index in [-0.39, 0.29) is 5.78 Å². The fourth-order valence-electron chi connectivity index (χ4n) is 1.40. The molecule has 0 atom stereocenters. The van der Waals surface area contributed by atoms with Crippen LogP contribution in [-0.4, -0.2) is 12.9 Å². The summed E-state index contributed by atoms with van der Waals surface area (Å²) < 4.78 is 5.18. The number of hydrogen-bond donors (Lipinski definition) is 0. The first-order chi connectivity index (χ1) is 8.63. The maximum Gasteiger partial charge on any atom is 0.152 e. The van der Waals surface area contributed by atoms with Gasteiger partial charge in [0.1, 0.15) is 5.75 Å². The van der Waals surface area contributed by atoms with Crippen LogP contribution < -0.4 is 4.74 Å². The Morgan fingerprint density at radius 3 is 2.56 bits per heavy atom. The molecule has 0 saturated carbocycles. The highest BCUT2D eigenvalue weighted by Gasteiger charge is 1.96. The van der Waals surface area contributed by atoms with E-state index < -0.39 is 0 Å². The van der Waals surface area contributed by atoms with Crippen LogP contribution in [0.2, 0.25) is 0 Å². The lowest BCUT2D eigenvalue weighted by Crippen LogP contribution is -1.85. The van der Waals surface area contributed by atoms with Crippen LogP contribution >= 0.6 is 0 Å². The summed E-state index contributed by atoms with van der Waals surface area (Å²) in [5, 5.41) is 0. The predicted molar refractivity (Wildman–Crippen MR) is 75.7 cm³/mol. The predicted octanol–water partition coefficient (Wildman–Crippen LogP) is 3.72. The number of rotatable bonds is 5. The second-order valence-corrected chi connectivity index (χ2v) is 3.94. The summed E-state index contributed by atoms with van der Waals surface area (Å²) in [5.74, 6) is 0.896. The number of aryl methyl sites for hydroxylation is 1. The Morgan fingerprint density at radius 2 is 1.89 bits per heavy atom. The highest BCUT2D eigenvalue weighted by molar-refractivity contribution is 5.87. The van der Waals surface area contributed by atoms with Gasteiger partial charge >= 0.3 is 0 Å². The van der Waals surface area contributed by atoms with Gasteiger partial charge in [0, 0.05) is 0 Å². The highest BCUT2D eigenvalue weighted by Crippen LogP contribution is 2.18. The van der Waals surface area contributed by atoms with E-state index in [1.54, 1.807) is 13.2 Å². The molecule has 0 amide bonds. The molecule has 0 spiro atoms. The lowest BCUT2D eigenvalue weighted by atomic mass is 10.1. The Balaban J connectivity index is 2.69. The van der Waals surface area contributed by atoms with Gasteiger partial charge in [-0.2, -0.15) is 0 Å². The molecule has 1 rings (SSSR count). The van der Waals surface area contributed by atoms with Gasteiger partial charge in [-0.15, -0.1) is 0 Å². The Morgan fingerprint density at radius 1 is 1.17 bits per heavy atom. The first-order valence-corrected chi connectivity index (χ1v) is 5.80. The van der Waals surface area contributed by atoms with Crippen LogP contribution in [0.15, 0.2) is 48.6 Å². The van der Waals surface area contributed by atoms with Crippen LogP contribution in [0.4, 0.5) is 0 Å². The van der Waals surface area contributed by atoms with Crippen molar-refractivity contribution < 1.29 is 9.53 Å². The third kappa shape index (κ3) is 4.83. The minimum atomic E-state index is 0.0484. The Bertz CT molecular complexity index is 494. The molecule has 0 aliphatic heterocycles. The molecule has 18 heavy (non-hydrogen) atoms. The Hall–Kier alpha value is -2.09. The average molecular weight is 242 g/mol. The molecule has 0 aliphatic carbocycles. The van der Waals surface area contributed by atoms with Gasteiger partial charge in [0.25, 0.3) is 0 Å². The van der Waals surface area contributed by atoms with Gasteiger partial charge in [-0.05, 0) is 43.2 Å². The third-order valence-corrected chi connectivity index (χ3v) is 2.43. The first-order valence-electron chi connectivity index (χ1n) is 5.80. The number of ketones is 1. The van der Waals surface area contributed by atoms with E-state index in [9.17, 15) is 4.79 Å². The van der Waals surface area contributed by atoms with Crippen LogP contribution in [0.5, 0.6) is 5.75 Å². The first kappa shape index (κ1) is 14.0. The lowest BCUT2D eigenvalue weighted by Gasteiger charge is -2.03. The number of hydrogen-bond acceptors (Lipinski definition) is 2. The number of carbonyl (C=O) groups is 1. The standard InChI is InChI=1S/C16H18O2/c1-13-10-11-16(18-3)12-15(13)9-7-5-4-6-8-14(2)17/h4-12H,1-3H3/b5-4+,8-6+,9-7+. The van der Waals surface area contributed by atoms with E-state index in [0.717, 1.165) is 11.3 Å². The molecule has 0 N–H and O–H groups in total. The van der Waals surface area contributed by atoms with Crippen molar-refractivity contribution in [1.29, 1.82) is 0 Å². The van der Waals surface area contributed by atoms with Crippen LogP contribution in [-0.2, 0) is 4.79 Å². The van der Waals surface area contributed by atoms with Crippen molar-refractivity contribution in [3.05, 3.63) is 59.7 Å². The zero-order valence-corrected chi connectivity index (χ0v) is 11.0. The molecular formula is C16H18O2. The molecule has 2 heteroatoms. The van der Waals surface area contributed by atoms with E-state index in [2.05, 4.69) is 6.92 Å². The third-order valence-electron chi connectivity index (χ3n) is 2.43. The number of benzene rings is 1. The minimum Gasteiger partial charge on any atom is -0.497 e. The van der Waals surface area contributed by atoms with E-state index in [1.807, 2.05) is 42.5 Å². The number of ether oxygens (including phenoxy) is 1. The average Bonchev–Trinajstić information content (AvgIpc) is 2.35. The molecule has 0 bridgehead atoms. The van der Waals surface area contributed by atoms with Crippen LogP contribution in [0.3, 0.4) is 0 Å². The number of allylic oxidation sites excluding steroid dienone is 5. The van der Waals surface area contributed by atoms with Crippen molar-refractivity contribution in [1.82, 2.24) is 0 Å². The molecule has 0 heterocycles. The summed E-state index contributed by atoms with van der Waals surface area (Å²) in [7, 11) is 1.66. The zero-order chi connectivity index (χ0) is 13.4. The van der Waals surface area contributed by atoms with Gasteiger partial charge < -0.3 is 4.74 Å². The molecule has 0 unspecified atom stereocenters. The van der Waals surface area contributed by atoms with Gasteiger partial charge in [-0.3, -0.25) is 4.79 Å². The molecule has 1 aromatic carbocycles. The maximum atomic E-state index is 10.7. The van der Waals surface area contributed by atoms with Crippen molar-refractivity contribution >= 4 is 11.9 Å². The summed E-state index contributed by atoms with van der Waals surface area (Å²) >= 11 is 0. The van der Waals surface area contributed by atoms with Gasteiger partial charge in [0.05, 0.1) is 7.11 Å². The molecule has 94 valence electrons. The quantitative estimate of drug-likeness (QED) is 0.581. The maximum absolute atomic E-state index is 10.7. The van der Waals surface area contributed by atoms with Gasteiger partial charge in [0.15, 0.2) is 5.78 Å². The molecule has 0 radical (unpaired) electrons. The fourth-order valence-corrected chi connectivity index (χ4v) is 1.40. The fraction of sp³-hybridized carbons (Fsp3) is 0.188. The summed E-state index contributed by atoms with van der Waals surface area (Å²) in [6.07, 6.45) is 10.9. The normalized spacial score (nSPS) is 11.7. The van der Waals surface area contributed by atoms with Crippen molar-refractivity contribution in [3.63, 3.8) is 0 Å². The highest BCUT2D eigenvalue weighted by atomic mass is 16.5. The topological polar surface area (TPSA) is 26.3 Å². The van der Waals surface area contributed by atoms with Crippen molar-refractivity contribution in [3.8, 4) is 5.75 Å². The molecule has 0 saturated heterocycles. The largest absolute Gasteiger partial charge is 0.497 e. The summed E-state index contributed by atoms with van der Waals surface area (Å²) in [4.78, 5) is 10.7. The van der Waals surface area contributed by atoms with Crippen molar-refractivity contribution in [2.24, 2.45) is 0 Å². The lowest BCUT2D eigenvalue weighted by molar-refractivity contribution is -0.112. The monoisotopic (exact) mass is 242 g/mol. The van der Waals surface area contributed by atoms with E-state index >= 15 is 0 Å². The van der Waals surface area contributed by atoms with Crippen LogP contribution in [0.1, 0.15) is 18.1 Å². The van der Waals surface area contributed by atoms with E-state index in [0.29, 0.717) is 0 Å². The van der Waals surface area contributed by atoms with E-state index in [4.69, 9.17) is 4.74 Å². The molecule has 0 fully saturated rings. The summed E-state index contributed by atoms with van der Waals surface area (Å²) in [5.41, 5.74) is 2.31. The molecular weight excluding hydrogens is 224 g/mol. The molecule has 2 nitrogen and oxygen atoms in total. The Labute approximate surface area is 108 Å². The minimum absolute atomic E-state index is 0.0484. The second kappa shape index (κ2) is 7.28. The number of methoxy groups -OCH3 is 1. The Kier molecular flexibility index (Phi) is 5.65. The molecule has 1 aromatic rings. The van der Waals surface area contributed by atoms with Crippen LogP contribution in [0.25, 0.3) is 6.08 Å². The van der Waals surface area contributed by atoms with Gasteiger partial charge in [0.2, 0.25) is 0 Å². The van der Waals surface area contributed by atoms with Gasteiger partial charge in [-0.25, -0.2) is 0 Å². The summed E-state index contributed by atoms with van der Waals surface area (Å²) in [6.45, 7) is 3.58. The SMILES string of the molecule is COc1ccc(C)c(/C=C/C=C/C=C/C(C)=O)c1.